The summed E-state index contributed by atoms with van der Waals surface area (Å²) >= 11 is 10.7. The number of carboxylic acids is 1. The van der Waals surface area contributed by atoms with E-state index < -0.39 is 5.97 Å². The number of hydrogen-bond donors (Lipinski definition) is 1. The van der Waals surface area contributed by atoms with Crippen molar-refractivity contribution in [1.29, 1.82) is 0 Å². The van der Waals surface area contributed by atoms with E-state index in [2.05, 4.69) is 48.0 Å². The molecule has 2 aliphatic heterocycles. The predicted molar refractivity (Wildman–Crippen MR) is 199 cm³/mol. The van der Waals surface area contributed by atoms with Gasteiger partial charge in [0.2, 0.25) is 0 Å². The lowest BCUT2D eigenvalue weighted by Crippen LogP contribution is -2.12. The summed E-state index contributed by atoms with van der Waals surface area (Å²) < 4.78 is 12.5. The zero-order valence-electron chi connectivity index (χ0n) is 27.8. The molecule has 8 rings (SSSR count). The highest BCUT2D eigenvalue weighted by molar-refractivity contribution is 7.98. The number of benzene rings is 3. The molecule has 2 aliphatic rings. The quantitative estimate of drug-likeness (QED) is 0.182. The van der Waals surface area contributed by atoms with Crippen molar-refractivity contribution in [3.8, 4) is 16.9 Å². The average Bonchev–Trinajstić information content (AvgIpc) is 3.73. The van der Waals surface area contributed by atoms with Crippen molar-refractivity contribution >= 4 is 62.8 Å². The van der Waals surface area contributed by atoms with Crippen LogP contribution in [0.2, 0.25) is 5.02 Å². The first-order chi connectivity index (χ1) is 23.8. The summed E-state index contributed by atoms with van der Waals surface area (Å²) in [6.45, 7) is 3.41. The van der Waals surface area contributed by atoms with Crippen LogP contribution in [0.3, 0.4) is 0 Å². The summed E-state index contributed by atoms with van der Waals surface area (Å²) in [5, 5.41) is 24.4. The second-order valence-corrected chi connectivity index (χ2v) is 15.5. The third-order valence-electron chi connectivity index (χ3n) is 9.96. The molecule has 0 saturated heterocycles. The highest BCUT2D eigenvalue weighted by Gasteiger charge is 2.31. The molecule has 49 heavy (non-hydrogen) atoms. The highest BCUT2D eigenvalue weighted by atomic mass is 35.5. The molecule has 3 aromatic carbocycles. The van der Waals surface area contributed by atoms with Crippen LogP contribution < -0.4 is 4.74 Å². The Kier molecular flexibility index (Phi) is 8.66. The minimum atomic E-state index is -0.948. The van der Waals surface area contributed by atoms with Gasteiger partial charge in [0.25, 0.3) is 0 Å². The molecule has 0 unspecified atom stereocenters. The van der Waals surface area contributed by atoms with Crippen LogP contribution in [0.5, 0.6) is 5.75 Å². The van der Waals surface area contributed by atoms with E-state index in [0.717, 1.165) is 97.7 Å². The summed E-state index contributed by atoms with van der Waals surface area (Å²) in [5.74, 6) is 2.04. The number of aromatic carboxylic acids is 1. The summed E-state index contributed by atoms with van der Waals surface area (Å²) in [6, 6.07) is 18.8. The number of thioether (sulfide) groups is 2. The van der Waals surface area contributed by atoms with Crippen molar-refractivity contribution in [2.24, 2.45) is 14.1 Å². The Morgan fingerprint density at radius 3 is 2.71 bits per heavy atom. The van der Waals surface area contributed by atoms with Crippen LogP contribution in [-0.2, 0) is 44.3 Å². The summed E-state index contributed by atoms with van der Waals surface area (Å²) in [7, 11) is 3.87. The first-order valence-corrected chi connectivity index (χ1v) is 19.3. The number of nitrogens with zero attached hydrogens (tertiary/aromatic N) is 5. The van der Waals surface area contributed by atoms with Crippen molar-refractivity contribution in [1.82, 2.24) is 24.1 Å². The molecule has 0 aliphatic carbocycles. The largest absolute Gasteiger partial charge is 0.493 e. The van der Waals surface area contributed by atoms with E-state index >= 15 is 0 Å². The Morgan fingerprint density at radius 1 is 1.00 bits per heavy atom. The van der Waals surface area contributed by atoms with Gasteiger partial charge in [0.05, 0.1) is 28.5 Å². The van der Waals surface area contributed by atoms with Gasteiger partial charge in [-0.05, 0) is 66.8 Å². The molecule has 8 nitrogen and oxygen atoms in total. The number of carbonyl (C=O) groups is 1. The maximum absolute atomic E-state index is 13.0. The van der Waals surface area contributed by atoms with Crippen LogP contribution >= 0.6 is 35.1 Å². The first-order valence-electron chi connectivity index (χ1n) is 16.8. The van der Waals surface area contributed by atoms with Gasteiger partial charge in [0.1, 0.15) is 11.4 Å². The molecule has 0 saturated carbocycles. The number of carboxylic acid groups (broad SMARTS) is 1. The standard InChI is InChI=1S/C38H38ClN5O3S2/c1-22-13-15-47-32-18-26(16-23-8-4-5-9-27(23)32)49-20-25-17-24(40-43(25)3)19-48-21-30-35(31-10-6-7-14-44(31)41-30)34-29(39)12-11-28-33(22)37(38(45)46)42(2)36(28)34/h4-5,8-9,11-12,16-18,22H,6-7,10,13-15,19-21H2,1-3H3,(H,45,46)/t22-/m1/s1. The van der Waals surface area contributed by atoms with E-state index in [0.29, 0.717) is 29.5 Å². The van der Waals surface area contributed by atoms with E-state index in [-0.39, 0.29) is 5.92 Å². The van der Waals surface area contributed by atoms with Gasteiger partial charge in [-0.1, -0.05) is 48.9 Å². The Balaban J connectivity index is 1.29. The fourth-order valence-electron chi connectivity index (χ4n) is 7.61. The lowest BCUT2D eigenvalue weighted by Gasteiger charge is -2.17. The maximum atomic E-state index is 13.0. The van der Waals surface area contributed by atoms with Gasteiger partial charge in [0, 0.05) is 76.1 Å². The van der Waals surface area contributed by atoms with E-state index in [1.807, 2.05) is 41.5 Å². The SMILES string of the molecule is C[C@@H]1CCOc2cc(cc3ccccc23)SCc2cc(nn2C)CSCc2nn3c(c2-c2c(Cl)ccc4c1c(C(=O)O)n(C)c24)CCCC3. The Hall–Kier alpha value is -3.86. The van der Waals surface area contributed by atoms with Crippen LogP contribution in [0.4, 0.5) is 0 Å². The van der Waals surface area contributed by atoms with Crippen LogP contribution in [0, 0.1) is 0 Å². The van der Waals surface area contributed by atoms with Gasteiger partial charge < -0.3 is 14.4 Å². The molecule has 1 N–H and O–H groups in total. The Labute approximate surface area is 298 Å². The fraction of sp³-hybridized carbons (Fsp3) is 0.342. The Bertz CT molecular complexity index is 2250. The molecule has 0 amide bonds. The number of hydrogen-bond acceptors (Lipinski definition) is 6. The van der Waals surface area contributed by atoms with Gasteiger partial charge >= 0.3 is 5.97 Å². The number of aryl methyl sites for hydroxylation is 3. The average molecular weight is 712 g/mol. The highest BCUT2D eigenvalue weighted by Crippen LogP contribution is 2.45. The number of rotatable bonds is 1. The molecule has 3 aromatic heterocycles. The molecular weight excluding hydrogens is 674 g/mol. The number of halogens is 1. The van der Waals surface area contributed by atoms with Crippen LogP contribution in [-0.4, -0.2) is 41.8 Å². The van der Waals surface area contributed by atoms with E-state index in [1.165, 1.54) is 11.4 Å². The normalized spacial score (nSPS) is 17.0. The molecule has 0 radical (unpaired) electrons. The third kappa shape index (κ3) is 5.81. The van der Waals surface area contributed by atoms with Gasteiger partial charge in [0.15, 0.2) is 0 Å². The summed E-state index contributed by atoms with van der Waals surface area (Å²) in [4.78, 5) is 14.1. The first kappa shape index (κ1) is 32.4. The molecular formula is C38H38ClN5O3S2. The van der Waals surface area contributed by atoms with Crippen LogP contribution in [0.15, 0.2) is 59.5 Å². The second kappa shape index (κ2) is 13.1. The van der Waals surface area contributed by atoms with Crippen molar-refractivity contribution in [2.45, 2.75) is 67.2 Å². The molecule has 8 bridgehead atoms. The minimum Gasteiger partial charge on any atom is -0.493 e. The lowest BCUT2D eigenvalue weighted by molar-refractivity contribution is 0.0685. The van der Waals surface area contributed by atoms with Gasteiger partial charge in [-0.2, -0.15) is 10.2 Å². The van der Waals surface area contributed by atoms with Crippen molar-refractivity contribution in [2.75, 3.05) is 6.61 Å². The van der Waals surface area contributed by atoms with E-state index in [1.54, 1.807) is 23.5 Å². The minimum absolute atomic E-state index is 0.0864. The summed E-state index contributed by atoms with van der Waals surface area (Å²) in [5.41, 5.74) is 8.26. The van der Waals surface area contributed by atoms with Crippen LogP contribution in [0.1, 0.15) is 70.9 Å². The molecule has 0 fully saturated rings. The van der Waals surface area contributed by atoms with Gasteiger partial charge in [-0.15, -0.1) is 23.5 Å². The monoisotopic (exact) mass is 711 g/mol. The smallest absolute Gasteiger partial charge is 0.352 e. The number of aromatic nitrogens is 5. The topological polar surface area (TPSA) is 87.1 Å². The summed E-state index contributed by atoms with van der Waals surface area (Å²) in [6.07, 6.45) is 3.73. The molecule has 11 heteroatoms. The van der Waals surface area contributed by atoms with Crippen molar-refractivity contribution in [3.05, 3.63) is 93.7 Å². The third-order valence-corrected chi connectivity index (χ3v) is 12.3. The van der Waals surface area contributed by atoms with E-state index in [9.17, 15) is 9.90 Å². The maximum Gasteiger partial charge on any atom is 0.352 e. The molecule has 1 atom stereocenters. The predicted octanol–water partition coefficient (Wildman–Crippen LogP) is 9.23. The molecule has 0 spiro atoms. The van der Waals surface area contributed by atoms with E-state index in [4.69, 9.17) is 26.5 Å². The van der Waals surface area contributed by atoms with Gasteiger partial charge in [-0.3, -0.25) is 9.36 Å². The van der Waals surface area contributed by atoms with Crippen LogP contribution in [0.25, 0.3) is 32.8 Å². The lowest BCUT2D eigenvalue weighted by atomic mass is 9.92. The van der Waals surface area contributed by atoms with Crippen molar-refractivity contribution < 1.29 is 14.6 Å². The number of fused-ring (bicyclic) bond motifs is 10. The second-order valence-electron chi connectivity index (χ2n) is 13.1. The zero-order chi connectivity index (χ0) is 33.8. The molecule has 6 aromatic rings. The fourth-order valence-corrected chi connectivity index (χ4v) is 9.69. The van der Waals surface area contributed by atoms with Crippen molar-refractivity contribution in [3.63, 3.8) is 0 Å². The molecule has 252 valence electrons. The Morgan fingerprint density at radius 2 is 1.86 bits per heavy atom. The zero-order valence-corrected chi connectivity index (χ0v) is 30.2. The number of ether oxygens (including phenoxy) is 1. The van der Waals surface area contributed by atoms with Gasteiger partial charge in [-0.25, -0.2) is 4.79 Å². The molecule has 5 heterocycles.